The van der Waals surface area contributed by atoms with E-state index in [0.29, 0.717) is 16.1 Å². The molecule has 0 aliphatic heterocycles. The largest absolute Gasteiger partial charge is 0.286 e. The topological polar surface area (TPSA) is 29.0 Å². The van der Waals surface area contributed by atoms with Crippen molar-refractivity contribution >= 4 is 21.4 Å². The van der Waals surface area contributed by atoms with Gasteiger partial charge in [-0.15, -0.1) is 11.3 Å². The second-order valence-electron chi connectivity index (χ2n) is 10.5. The SMILES string of the molecule is CC.Cc1ccc(-c2cnccn2)cc1CN(C1CCCCC1)C(C)(C)c1sc2c(F)ccc(F)c2c1C. The van der Waals surface area contributed by atoms with Crippen LogP contribution in [-0.4, -0.2) is 20.9 Å². The van der Waals surface area contributed by atoms with Crippen molar-refractivity contribution < 1.29 is 8.78 Å². The Morgan fingerprint density at radius 3 is 2.34 bits per heavy atom. The molecule has 2 heterocycles. The number of rotatable bonds is 6. The van der Waals surface area contributed by atoms with Gasteiger partial charge in [0.1, 0.15) is 11.6 Å². The quantitative estimate of drug-likeness (QED) is 0.246. The van der Waals surface area contributed by atoms with Crippen molar-refractivity contribution in [2.24, 2.45) is 0 Å². The zero-order chi connectivity index (χ0) is 27.4. The molecule has 2 aromatic carbocycles. The van der Waals surface area contributed by atoms with Gasteiger partial charge in [0.15, 0.2) is 0 Å². The molecular weight excluding hydrogens is 496 g/mol. The minimum absolute atomic E-state index is 0.348. The second kappa shape index (κ2) is 12.0. The molecule has 1 aliphatic rings. The first-order chi connectivity index (χ1) is 18.3. The highest BCUT2D eigenvalue weighted by atomic mass is 32.1. The monoisotopic (exact) mass is 535 g/mol. The number of nitrogens with zero attached hydrogens (tertiary/aromatic N) is 3. The van der Waals surface area contributed by atoms with Gasteiger partial charge in [-0.05, 0) is 75.4 Å². The third kappa shape index (κ3) is 5.52. The molecule has 0 unspecified atom stereocenters. The molecule has 202 valence electrons. The lowest BCUT2D eigenvalue weighted by atomic mass is 9.87. The van der Waals surface area contributed by atoms with Crippen LogP contribution in [0.1, 0.15) is 81.4 Å². The molecule has 38 heavy (non-hydrogen) atoms. The van der Waals surface area contributed by atoms with E-state index in [1.165, 1.54) is 53.9 Å². The zero-order valence-corrected chi connectivity index (χ0v) is 24.3. The maximum atomic E-state index is 14.8. The molecule has 0 amide bonds. The average molecular weight is 536 g/mol. The fraction of sp³-hybridized carbons (Fsp3) is 0.438. The third-order valence-corrected chi connectivity index (χ3v) is 9.43. The van der Waals surface area contributed by atoms with E-state index < -0.39 is 5.54 Å². The Bertz CT molecular complexity index is 1370. The summed E-state index contributed by atoms with van der Waals surface area (Å²) >= 11 is 1.40. The molecule has 3 nitrogen and oxygen atoms in total. The van der Waals surface area contributed by atoms with Crippen LogP contribution in [0.4, 0.5) is 8.78 Å². The van der Waals surface area contributed by atoms with Crippen molar-refractivity contribution in [1.29, 1.82) is 0 Å². The Labute approximate surface area is 230 Å². The number of fused-ring (bicyclic) bond motifs is 1. The van der Waals surface area contributed by atoms with Gasteiger partial charge >= 0.3 is 0 Å². The Kier molecular flexibility index (Phi) is 8.94. The van der Waals surface area contributed by atoms with Gasteiger partial charge in [0.25, 0.3) is 0 Å². The van der Waals surface area contributed by atoms with Gasteiger partial charge in [0.05, 0.1) is 22.1 Å². The van der Waals surface area contributed by atoms with E-state index in [-0.39, 0.29) is 11.6 Å². The number of aromatic nitrogens is 2. The Hall–Kier alpha value is -2.70. The molecule has 0 radical (unpaired) electrons. The van der Waals surface area contributed by atoms with Crippen LogP contribution in [0.5, 0.6) is 0 Å². The second-order valence-corrected chi connectivity index (χ2v) is 11.5. The lowest BCUT2D eigenvalue weighted by Crippen LogP contribution is -2.48. The van der Waals surface area contributed by atoms with Crippen molar-refractivity contribution in [3.05, 3.63) is 82.1 Å². The van der Waals surface area contributed by atoms with E-state index in [0.717, 1.165) is 41.1 Å². The van der Waals surface area contributed by atoms with Crippen LogP contribution in [0.15, 0.2) is 48.9 Å². The number of halogens is 2. The summed E-state index contributed by atoms with van der Waals surface area (Å²) in [6.07, 6.45) is 11.2. The Balaban J connectivity index is 0.00000164. The maximum Gasteiger partial charge on any atom is 0.141 e. The van der Waals surface area contributed by atoms with E-state index in [2.05, 4.69) is 53.8 Å². The number of thiophene rings is 1. The van der Waals surface area contributed by atoms with E-state index in [4.69, 9.17) is 0 Å². The first-order valence-corrected chi connectivity index (χ1v) is 14.6. The van der Waals surface area contributed by atoms with E-state index in [9.17, 15) is 8.78 Å². The molecule has 2 aromatic heterocycles. The molecule has 0 atom stereocenters. The van der Waals surface area contributed by atoms with Crippen LogP contribution in [0, 0.1) is 25.5 Å². The van der Waals surface area contributed by atoms with Gasteiger partial charge in [-0.2, -0.15) is 0 Å². The summed E-state index contributed by atoms with van der Waals surface area (Å²) in [5, 5.41) is 0.424. The molecular formula is C32H39F2N3S. The lowest BCUT2D eigenvalue weighted by Gasteiger charge is -2.45. The van der Waals surface area contributed by atoms with Gasteiger partial charge in [-0.25, -0.2) is 8.78 Å². The Morgan fingerprint density at radius 1 is 0.974 bits per heavy atom. The number of hydrogen-bond acceptors (Lipinski definition) is 4. The van der Waals surface area contributed by atoms with Gasteiger partial charge in [-0.3, -0.25) is 14.9 Å². The summed E-state index contributed by atoms with van der Waals surface area (Å²) in [6, 6.07) is 9.37. The summed E-state index contributed by atoms with van der Waals surface area (Å²) in [5.41, 5.74) is 4.82. The van der Waals surface area contributed by atoms with Gasteiger partial charge in [-0.1, -0.05) is 45.2 Å². The molecule has 1 fully saturated rings. The van der Waals surface area contributed by atoms with Crippen LogP contribution in [-0.2, 0) is 12.1 Å². The molecule has 0 bridgehead atoms. The van der Waals surface area contributed by atoms with Gasteiger partial charge in [0, 0.05) is 40.8 Å². The minimum atomic E-state index is -0.399. The lowest BCUT2D eigenvalue weighted by molar-refractivity contribution is 0.0397. The maximum absolute atomic E-state index is 14.8. The molecule has 6 heteroatoms. The summed E-state index contributed by atoms with van der Waals surface area (Å²) in [5.74, 6) is -0.697. The fourth-order valence-electron chi connectivity index (χ4n) is 5.80. The molecule has 5 rings (SSSR count). The van der Waals surface area contributed by atoms with Crippen molar-refractivity contribution in [1.82, 2.24) is 14.9 Å². The third-order valence-electron chi connectivity index (χ3n) is 7.82. The van der Waals surface area contributed by atoms with Gasteiger partial charge in [0.2, 0.25) is 0 Å². The predicted octanol–water partition coefficient (Wildman–Crippen LogP) is 9.35. The number of benzene rings is 2. The van der Waals surface area contributed by atoms with E-state index in [1.54, 1.807) is 18.6 Å². The number of aryl methyl sites for hydroxylation is 2. The van der Waals surface area contributed by atoms with Crippen LogP contribution >= 0.6 is 11.3 Å². The normalized spacial score (nSPS) is 14.6. The molecule has 0 saturated heterocycles. The first kappa shape index (κ1) is 28.3. The molecule has 1 saturated carbocycles. The Morgan fingerprint density at radius 2 is 1.68 bits per heavy atom. The van der Waals surface area contributed by atoms with E-state index in [1.807, 2.05) is 20.8 Å². The average Bonchev–Trinajstić information content (AvgIpc) is 3.31. The highest BCUT2D eigenvalue weighted by molar-refractivity contribution is 7.19. The van der Waals surface area contributed by atoms with E-state index >= 15 is 0 Å². The first-order valence-electron chi connectivity index (χ1n) is 13.8. The highest BCUT2D eigenvalue weighted by Crippen LogP contribution is 2.45. The van der Waals surface area contributed by atoms with Crippen LogP contribution < -0.4 is 0 Å². The molecule has 0 spiro atoms. The summed E-state index contributed by atoms with van der Waals surface area (Å²) in [4.78, 5) is 12.4. The van der Waals surface area contributed by atoms with Crippen LogP contribution in [0.3, 0.4) is 0 Å². The van der Waals surface area contributed by atoms with Crippen LogP contribution in [0.2, 0.25) is 0 Å². The predicted molar refractivity (Wildman–Crippen MR) is 155 cm³/mol. The smallest absolute Gasteiger partial charge is 0.141 e. The molecule has 0 N–H and O–H groups in total. The van der Waals surface area contributed by atoms with Crippen molar-refractivity contribution in [2.75, 3.05) is 0 Å². The summed E-state index contributed by atoms with van der Waals surface area (Å²) in [6.45, 7) is 13.3. The summed E-state index contributed by atoms with van der Waals surface area (Å²) < 4.78 is 29.9. The van der Waals surface area contributed by atoms with Gasteiger partial charge < -0.3 is 0 Å². The van der Waals surface area contributed by atoms with Crippen molar-refractivity contribution in [2.45, 2.75) is 91.8 Å². The molecule has 1 aliphatic carbocycles. The van der Waals surface area contributed by atoms with Crippen LogP contribution in [0.25, 0.3) is 21.3 Å². The highest BCUT2D eigenvalue weighted by Gasteiger charge is 2.38. The van der Waals surface area contributed by atoms with Crippen molar-refractivity contribution in [3.8, 4) is 11.3 Å². The number of hydrogen-bond donors (Lipinski definition) is 0. The summed E-state index contributed by atoms with van der Waals surface area (Å²) in [7, 11) is 0. The zero-order valence-electron chi connectivity index (χ0n) is 23.4. The molecule has 4 aromatic rings. The minimum Gasteiger partial charge on any atom is -0.286 e. The van der Waals surface area contributed by atoms with Crippen molar-refractivity contribution in [3.63, 3.8) is 0 Å². The standard InChI is InChI=1S/C30H33F2N3S.C2H6/c1-19-10-11-21(26-17-33-14-15-34-26)16-22(19)18-35(23-8-6-5-7-9-23)30(3,4)29-20(2)27-24(31)12-13-25(32)28(27)36-29;1-2/h10-17,23H,5-9,18H2,1-4H3;1-2H3. The fourth-order valence-corrected chi connectivity index (χ4v) is 7.14.